The molecule has 5 heteroatoms. The lowest BCUT2D eigenvalue weighted by Crippen LogP contribution is -2.14. The molecule has 0 bridgehead atoms. The van der Waals surface area contributed by atoms with E-state index < -0.39 is 11.7 Å². The second-order valence-electron chi connectivity index (χ2n) is 3.66. The summed E-state index contributed by atoms with van der Waals surface area (Å²) in [4.78, 5) is 11.9. The van der Waals surface area contributed by atoms with Crippen LogP contribution in [0.5, 0.6) is 0 Å². The van der Waals surface area contributed by atoms with E-state index in [4.69, 9.17) is 5.73 Å². The molecule has 0 radical (unpaired) electrons. The van der Waals surface area contributed by atoms with E-state index in [0.717, 1.165) is 3.57 Å². The van der Waals surface area contributed by atoms with Gasteiger partial charge in [-0.05, 0) is 59.0 Å². The highest BCUT2D eigenvalue weighted by molar-refractivity contribution is 14.1. The number of halogens is 2. The van der Waals surface area contributed by atoms with Crippen LogP contribution in [0.15, 0.2) is 42.5 Å². The predicted molar refractivity (Wildman–Crippen MR) is 77.9 cm³/mol. The Bertz CT molecular complexity index is 584. The van der Waals surface area contributed by atoms with Crippen LogP contribution in [0, 0.1) is 9.39 Å². The molecule has 0 fully saturated rings. The fraction of sp³-hybridized carbons (Fsp3) is 0. The van der Waals surface area contributed by atoms with Crippen molar-refractivity contribution in [3.8, 4) is 0 Å². The van der Waals surface area contributed by atoms with E-state index in [9.17, 15) is 9.18 Å². The van der Waals surface area contributed by atoms with Crippen LogP contribution in [0.1, 0.15) is 10.4 Å². The molecule has 0 heterocycles. The van der Waals surface area contributed by atoms with Gasteiger partial charge in [-0.2, -0.15) is 0 Å². The van der Waals surface area contributed by atoms with Crippen LogP contribution >= 0.6 is 22.6 Å². The molecule has 0 unspecified atom stereocenters. The Morgan fingerprint density at radius 1 is 1.17 bits per heavy atom. The summed E-state index contributed by atoms with van der Waals surface area (Å²) in [5.41, 5.74) is 6.16. The first-order valence-electron chi connectivity index (χ1n) is 5.19. The van der Waals surface area contributed by atoms with Crippen LogP contribution in [0.25, 0.3) is 0 Å². The third kappa shape index (κ3) is 2.79. The van der Waals surface area contributed by atoms with Crippen LogP contribution < -0.4 is 11.1 Å². The SMILES string of the molecule is Nc1c(F)cccc1C(=O)Nc1ccc(I)cc1. The molecule has 2 rings (SSSR count). The highest BCUT2D eigenvalue weighted by atomic mass is 127. The van der Waals surface area contributed by atoms with Gasteiger partial charge in [-0.1, -0.05) is 6.07 Å². The molecule has 0 atom stereocenters. The Kier molecular flexibility index (Phi) is 3.81. The number of hydrogen-bond donors (Lipinski definition) is 2. The molecular weight excluding hydrogens is 346 g/mol. The van der Waals surface area contributed by atoms with Gasteiger partial charge in [0, 0.05) is 9.26 Å². The monoisotopic (exact) mass is 356 g/mol. The van der Waals surface area contributed by atoms with E-state index in [1.54, 1.807) is 12.1 Å². The van der Waals surface area contributed by atoms with Gasteiger partial charge in [0.1, 0.15) is 5.82 Å². The molecule has 3 N–H and O–H groups in total. The largest absolute Gasteiger partial charge is 0.396 e. The highest BCUT2D eigenvalue weighted by Crippen LogP contribution is 2.18. The Labute approximate surface area is 117 Å². The smallest absolute Gasteiger partial charge is 0.257 e. The Morgan fingerprint density at radius 3 is 2.50 bits per heavy atom. The maximum Gasteiger partial charge on any atom is 0.257 e. The first kappa shape index (κ1) is 12.8. The van der Waals surface area contributed by atoms with Crippen molar-refractivity contribution in [2.75, 3.05) is 11.1 Å². The van der Waals surface area contributed by atoms with Crippen molar-refractivity contribution in [3.05, 3.63) is 57.4 Å². The topological polar surface area (TPSA) is 55.1 Å². The lowest BCUT2D eigenvalue weighted by Gasteiger charge is -2.08. The Morgan fingerprint density at radius 2 is 1.83 bits per heavy atom. The second kappa shape index (κ2) is 5.34. The number of para-hydroxylation sites is 1. The Hall–Kier alpha value is -1.63. The van der Waals surface area contributed by atoms with Gasteiger partial charge in [-0.3, -0.25) is 4.79 Å². The zero-order valence-corrected chi connectivity index (χ0v) is 11.4. The molecule has 0 aliphatic rings. The number of nitrogen functional groups attached to an aromatic ring is 1. The summed E-state index contributed by atoms with van der Waals surface area (Å²) in [6, 6.07) is 11.4. The Balaban J connectivity index is 2.22. The summed E-state index contributed by atoms with van der Waals surface area (Å²) in [6.07, 6.45) is 0. The van der Waals surface area contributed by atoms with Crippen LogP contribution in [0.3, 0.4) is 0 Å². The van der Waals surface area contributed by atoms with Crippen molar-refractivity contribution in [3.63, 3.8) is 0 Å². The lowest BCUT2D eigenvalue weighted by molar-refractivity contribution is 0.102. The third-order valence-electron chi connectivity index (χ3n) is 2.40. The lowest BCUT2D eigenvalue weighted by atomic mass is 10.1. The maximum absolute atomic E-state index is 13.2. The minimum absolute atomic E-state index is 0.133. The third-order valence-corrected chi connectivity index (χ3v) is 3.12. The van der Waals surface area contributed by atoms with Gasteiger partial charge >= 0.3 is 0 Å². The van der Waals surface area contributed by atoms with Gasteiger partial charge < -0.3 is 11.1 Å². The highest BCUT2D eigenvalue weighted by Gasteiger charge is 2.12. The number of nitrogens with one attached hydrogen (secondary N) is 1. The van der Waals surface area contributed by atoms with Gasteiger partial charge in [0.2, 0.25) is 0 Å². The molecule has 0 aliphatic heterocycles. The molecule has 3 nitrogen and oxygen atoms in total. The van der Waals surface area contributed by atoms with Crippen molar-refractivity contribution in [2.45, 2.75) is 0 Å². The van der Waals surface area contributed by atoms with E-state index in [0.29, 0.717) is 5.69 Å². The zero-order valence-electron chi connectivity index (χ0n) is 9.28. The molecule has 0 saturated carbocycles. The van der Waals surface area contributed by atoms with Crippen molar-refractivity contribution >= 4 is 39.9 Å². The summed E-state index contributed by atoms with van der Waals surface area (Å²) in [7, 11) is 0. The molecule has 2 aromatic rings. The quantitative estimate of drug-likeness (QED) is 0.641. The number of benzene rings is 2. The number of amides is 1. The average Bonchev–Trinajstić information content (AvgIpc) is 2.35. The van der Waals surface area contributed by atoms with Gasteiger partial charge in [0.15, 0.2) is 0 Å². The number of nitrogens with two attached hydrogens (primary N) is 1. The molecule has 92 valence electrons. The van der Waals surface area contributed by atoms with Gasteiger partial charge in [-0.15, -0.1) is 0 Å². The fourth-order valence-corrected chi connectivity index (χ4v) is 1.83. The molecule has 0 aliphatic carbocycles. The normalized spacial score (nSPS) is 10.1. The van der Waals surface area contributed by atoms with Crippen LogP contribution in [0.2, 0.25) is 0 Å². The number of rotatable bonds is 2. The molecule has 2 aromatic carbocycles. The molecule has 18 heavy (non-hydrogen) atoms. The van der Waals surface area contributed by atoms with E-state index in [-0.39, 0.29) is 11.3 Å². The first-order chi connectivity index (χ1) is 8.58. The summed E-state index contributed by atoms with van der Waals surface area (Å²) in [5, 5.41) is 2.66. The fourth-order valence-electron chi connectivity index (χ4n) is 1.47. The van der Waals surface area contributed by atoms with E-state index >= 15 is 0 Å². The number of hydrogen-bond acceptors (Lipinski definition) is 2. The van der Waals surface area contributed by atoms with E-state index in [1.807, 2.05) is 12.1 Å². The number of carbonyl (C=O) groups is 1. The van der Waals surface area contributed by atoms with Crippen molar-refractivity contribution in [1.29, 1.82) is 0 Å². The van der Waals surface area contributed by atoms with Crippen LogP contribution in [-0.2, 0) is 0 Å². The van der Waals surface area contributed by atoms with Gasteiger partial charge in [0.25, 0.3) is 5.91 Å². The van der Waals surface area contributed by atoms with E-state index in [2.05, 4.69) is 27.9 Å². The van der Waals surface area contributed by atoms with Crippen molar-refractivity contribution < 1.29 is 9.18 Å². The van der Waals surface area contributed by atoms with Crippen molar-refractivity contribution in [1.82, 2.24) is 0 Å². The number of anilines is 2. The molecule has 1 amide bonds. The van der Waals surface area contributed by atoms with E-state index in [1.165, 1.54) is 18.2 Å². The van der Waals surface area contributed by atoms with Gasteiger partial charge in [0.05, 0.1) is 11.3 Å². The standard InChI is InChI=1S/C13H10FIN2O/c14-11-3-1-2-10(12(11)16)13(18)17-9-6-4-8(15)5-7-9/h1-7H,16H2,(H,17,18). The molecule has 0 aromatic heterocycles. The summed E-state index contributed by atoms with van der Waals surface area (Å²) in [5.74, 6) is -1.02. The van der Waals surface area contributed by atoms with Crippen LogP contribution in [-0.4, -0.2) is 5.91 Å². The van der Waals surface area contributed by atoms with Crippen molar-refractivity contribution in [2.24, 2.45) is 0 Å². The second-order valence-corrected chi connectivity index (χ2v) is 4.91. The number of carbonyl (C=O) groups excluding carboxylic acids is 1. The average molecular weight is 356 g/mol. The van der Waals surface area contributed by atoms with Gasteiger partial charge in [-0.25, -0.2) is 4.39 Å². The van der Waals surface area contributed by atoms with Crippen LogP contribution in [0.4, 0.5) is 15.8 Å². The summed E-state index contributed by atoms with van der Waals surface area (Å²) < 4.78 is 14.3. The predicted octanol–water partition coefficient (Wildman–Crippen LogP) is 3.26. The molecule has 0 spiro atoms. The maximum atomic E-state index is 13.2. The molecule has 0 saturated heterocycles. The summed E-state index contributed by atoms with van der Waals surface area (Å²) >= 11 is 2.17. The minimum Gasteiger partial charge on any atom is -0.396 e. The summed E-state index contributed by atoms with van der Waals surface area (Å²) in [6.45, 7) is 0. The minimum atomic E-state index is -0.592. The zero-order chi connectivity index (χ0) is 13.1. The first-order valence-corrected chi connectivity index (χ1v) is 6.26. The molecular formula is C13H10FIN2O.